The van der Waals surface area contributed by atoms with Crippen molar-refractivity contribution in [3.8, 4) is 0 Å². The number of fused-ring (bicyclic) bond motifs is 1. The van der Waals surface area contributed by atoms with Crippen molar-refractivity contribution >= 4 is 51.7 Å². The number of ether oxygens (including phenoxy) is 1. The number of aromatic nitrogens is 4. The molecule has 1 aliphatic rings. The van der Waals surface area contributed by atoms with Gasteiger partial charge in [0.1, 0.15) is 12.2 Å². The zero-order valence-electron chi connectivity index (χ0n) is 16.7. The van der Waals surface area contributed by atoms with E-state index in [1.807, 2.05) is 17.5 Å². The van der Waals surface area contributed by atoms with Crippen LogP contribution in [-0.2, 0) is 20.7 Å². The Kier molecular flexibility index (Phi) is 6.53. The molecule has 0 spiro atoms. The first-order valence-electron chi connectivity index (χ1n) is 9.65. The summed E-state index contributed by atoms with van der Waals surface area (Å²) in [5.74, 6) is -0.710. The largest absolute Gasteiger partial charge is 0.387 e. The van der Waals surface area contributed by atoms with Crippen LogP contribution in [0, 0.1) is 0 Å². The third-order valence-corrected chi connectivity index (χ3v) is 5.80. The minimum absolute atomic E-state index is 0.131. The zero-order chi connectivity index (χ0) is 22.8. The molecule has 170 valence electrons. The van der Waals surface area contributed by atoms with Gasteiger partial charge in [0.25, 0.3) is 5.91 Å². The van der Waals surface area contributed by atoms with Crippen molar-refractivity contribution in [1.82, 2.24) is 30.3 Å². The van der Waals surface area contributed by atoms with E-state index in [1.165, 1.54) is 22.2 Å². The summed E-state index contributed by atoms with van der Waals surface area (Å²) in [7, 11) is 0. The van der Waals surface area contributed by atoms with E-state index >= 15 is 0 Å². The summed E-state index contributed by atoms with van der Waals surface area (Å²) in [6, 6.07) is 3.70. The SMILES string of the molecule is CCNC(=O)[C@@H]1O[C@H](n2cnc3c(NNC(=O)Cc4cccs4)nc(Cl)nc32)[C@@H](O)[C@H]1O. The van der Waals surface area contributed by atoms with Gasteiger partial charge in [-0.2, -0.15) is 9.97 Å². The summed E-state index contributed by atoms with van der Waals surface area (Å²) in [6.45, 7) is 2.07. The number of hydrogen-bond donors (Lipinski definition) is 5. The van der Waals surface area contributed by atoms with Gasteiger partial charge in [-0.15, -0.1) is 11.3 Å². The number of anilines is 1. The molecule has 0 saturated carbocycles. The summed E-state index contributed by atoms with van der Waals surface area (Å²) in [5, 5.41) is 25.0. The first kappa shape index (κ1) is 22.4. The van der Waals surface area contributed by atoms with Crippen molar-refractivity contribution in [3.05, 3.63) is 34.0 Å². The minimum Gasteiger partial charge on any atom is -0.387 e. The number of carbonyl (C=O) groups is 2. The van der Waals surface area contributed by atoms with Crippen LogP contribution in [0.3, 0.4) is 0 Å². The van der Waals surface area contributed by atoms with Gasteiger partial charge in [-0.3, -0.25) is 25.0 Å². The molecule has 0 radical (unpaired) electrons. The number of imidazole rings is 1. The molecule has 4 rings (SSSR count). The number of nitrogens with one attached hydrogen (secondary N) is 3. The molecule has 4 atom stereocenters. The number of hydrazine groups is 1. The predicted octanol–water partition coefficient (Wildman–Crippen LogP) is -0.0177. The normalized spacial score (nSPS) is 22.8. The Labute approximate surface area is 190 Å². The van der Waals surface area contributed by atoms with E-state index in [1.54, 1.807) is 6.92 Å². The number of carbonyl (C=O) groups excluding carboxylic acids is 2. The molecule has 3 aromatic heterocycles. The molecule has 1 saturated heterocycles. The topological polar surface area (TPSA) is 164 Å². The fourth-order valence-electron chi connectivity index (χ4n) is 3.29. The summed E-state index contributed by atoms with van der Waals surface area (Å²) < 4.78 is 6.95. The molecule has 0 aromatic carbocycles. The van der Waals surface area contributed by atoms with Crippen LogP contribution in [0.4, 0.5) is 5.82 Å². The third-order valence-electron chi connectivity index (χ3n) is 4.75. The smallest absolute Gasteiger partial charge is 0.252 e. The van der Waals surface area contributed by atoms with Gasteiger partial charge in [0.2, 0.25) is 11.2 Å². The Morgan fingerprint density at radius 1 is 1.31 bits per heavy atom. The second-order valence-electron chi connectivity index (χ2n) is 6.92. The fourth-order valence-corrected chi connectivity index (χ4v) is 4.16. The highest BCUT2D eigenvalue weighted by molar-refractivity contribution is 7.10. The van der Waals surface area contributed by atoms with E-state index in [2.05, 4.69) is 31.1 Å². The summed E-state index contributed by atoms with van der Waals surface area (Å²) in [6.07, 6.45) is -3.78. The standard InChI is InChI=1S/C18H20ClN7O5S/c1-2-20-16(30)13-11(28)12(29)17(31-13)26-7-21-10-14(22-18(19)23-15(10)26)25-24-9(27)6-8-4-3-5-32-8/h3-5,7,11-13,17,28-29H,2,6H2,1H3,(H,20,30)(H,24,27)(H,22,23,25)/t11-,12+,13-,17+/m1/s1. The highest BCUT2D eigenvalue weighted by Gasteiger charge is 2.47. The van der Waals surface area contributed by atoms with Crippen molar-refractivity contribution in [2.45, 2.75) is 37.9 Å². The van der Waals surface area contributed by atoms with Crippen molar-refractivity contribution < 1.29 is 24.5 Å². The van der Waals surface area contributed by atoms with Crippen molar-refractivity contribution in [3.63, 3.8) is 0 Å². The fraction of sp³-hybridized carbons (Fsp3) is 0.389. The first-order valence-corrected chi connectivity index (χ1v) is 10.9. The Morgan fingerprint density at radius 3 is 2.84 bits per heavy atom. The number of aliphatic hydroxyl groups excluding tert-OH is 2. The highest BCUT2D eigenvalue weighted by atomic mass is 35.5. The van der Waals surface area contributed by atoms with E-state index in [9.17, 15) is 19.8 Å². The van der Waals surface area contributed by atoms with Gasteiger partial charge < -0.3 is 20.3 Å². The predicted molar refractivity (Wildman–Crippen MR) is 115 cm³/mol. The molecule has 3 aromatic rings. The molecule has 2 amide bonds. The number of halogens is 1. The first-order chi connectivity index (χ1) is 15.4. The molecule has 32 heavy (non-hydrogen) atoms. The lowest BCUT2D eigenvalue weighted by atomic mass is 10.1. The lowest BCUT2D eigenvalue weighted by molar-refractivity contribution is -0.137. The monoisotopic (exact) mass is 481 g/mol. The maximum Gasteiger partial charge on any atom is 0.252 e. The van der Waals surface area contributed by atoms with Crippen LogP contribution in [0.1, 0.15) is 18.0 Å². The number of amides is 2. The van der Waals surface area contributed by atoms with E-state index < -0.39 is 30.4 Å². The highest BCUT2D eigenvalue weighted by Crippen LogP contribution is 2.33. The number of nitrogens with zero attached hydrogens (tertiary/aromatic N) is 4. The number of likely N-dealkylation sites (N-methyl/N-ethyl adjacent to an activating group) is 1. The van der Waals surface area contributed by atoms with E-state index in [4.69, 9.17) is 16.3 Å². The summed E-state index contributed by atoms with van der Waals surface area (Å²) >= 11 is 7.51. The van der Waals surface area contributed by atoms with E-state index in [0.29, 0.717) is 6.54 Å². The average Bonchev–Trinajstić information content (AvgIpc) is 3.47. The molecule has 1 aliphatic heterocycles. The molecule has 12 nitrogen and oxygen atoms in total. The van der Waals surface area contributed by atoms with Crippen molar-refractivity contribution in [2.75, 3.05) is 12.0 Å². The molecule has 1 fully saturated rings. The quantitative estimate of drug-likeness (QED) is 0.230. The number of thiophene rings is 1. The van der Waals surface area contributed by atoms with Crippen LogP contribution in [0.2, 0.25) is 5.28 Å². The number of rotatable bonds is 7. The Morgan fingerprint density at radius 2 is 2.12 bits per heavy atom. The van der Waals surface area contributed by atoms with Gasteiger partial charge in [-0.25, -0.2) is 4.98 Å². The Bertz CT molecular complexity index is 1120. The van der Waals surface area contributed by atoms with Gasteiger partial charge in [-0.05, 0) is 30.0 Å². The Hall–Kier alpha value is -2.84. The van der Waals surface area contributed by atoms with Crippen molar-refractivity contribution in [2.24, 2.45) is 0 Å². The van der Waals surface area contributed by atoms with E-state index in [-0.39, 0.29) is 34.6 Å². The maximum absolute atomic E-state index is 12.2. The maximum atomic E-state index is 12.2. The Balaban J connectivity index is 1.55. The molecular weight excluding hydrogens is 462 g/mol. The van der Waals surface area contributed by atoms with Gasteiger partial charge in [-0.1, -0.05) is 6.07 Å². The van der Waals surface area contributed by atoms with Gasteiger partial charge in [0, 0.05) is 11.4 Å². The second-order valence-corrected chi connectivity index (χ2v) is 8.29. The van der Waals surface area contributed by atoms with Crippen molar-refractivity contribution in [1.29, 1.82) is 0 Å². The molecule has 4 heterocycles. The molecular formula is C18H20ClN7O5S. The lowest BCUT2D eigenvalue weighted by Crippen LogP contribution is -2.42. The zero-order valence-corrected chi connectivity index (χ0v) is 18.3. The van der Waals surface area contributed by atoms with Crippen LogP contribution < -0.4 is 16.2 Å². The lowest BCUT2D eigenvalue weighted by Gasteiger charge is -2.16. The average molecular weight is 482 g/mol. The van der Waals surface area contributed by atoms with Gasteiger partial charge in [0.05, 0.1) is 12.7 Å². The number of aliphatic hydroxyl groups is 2. The van der Waals surface area contributed by atoms with Crippen LogP contribution in [-0.4, -0.2) is 66.4 Å². The third kappa shape index (κ3) is 4.38. The minimum atomic E-state index is -1.45. The van der Waals surface area contributed by atoms with E-state index in [0.717, 1.165) is 4.88 Å². The van der Waals surface area contributed by atoms with Crippen LogP contribution >= 0.6 is 22.9 Å². The molecule has 0 bridgehead atoms. The second kappa shape index (κ2) is 9.34. The molecule has 5 N–H and O–H groups in total. The molecule has 0 aliphatic carbocycles. The van der Waals surface area contributed by atoms with Gasteiger partial charge in [0.15, 0.2) is 29.3 Å². The molecule has 0 unspecified atom stereocenters. The van der Waals surface area contributed by atoms with Gasteiger partial charge >= 0.3 is 0 Å². The van der Waals surface area contributed by atoms with Crippen LogP contribution in [0.15, 0.2) is 23.8 Å². The molecule has 14 heteroatoms. The summed E-state index contributed by atoms with van der Waals surface area (Å²) in [4.78, 5) is 37.6. The van der Waals surface area contributed by atoms with Crippen LogP contribution in [0.5, 0.6) is 0 Å². The number of hydrogen-bond acceptors (Lipinski definition) is 10. The van der Waals surface area contributed by atoms with Crippen LogP contribution in [0.25, 0.3) is 11.2 Å². The summed E-state index contributed by atoms with van der Waals surface area (Å²) in [5.41, 5.74) is 5.63.